The molecule has 5 heteroatoms. The van der Waals surface area contributed by atoms with Crippen molar-refractivity contribution in [1.82, 2.24) is 10.1 Å². The van der Waals surface area contributed by atoms with Gasteiger partial charge in [0.25, 0.3) is 0 Å². The van der Waals surface area contributed by atoms with E-state index in [1.807, 2.05) is 12.0 Å². The molecule has 0 unspecified atom stereocenters. The van der Waals surface area contributed by atoms with Crippen LogP contribution in [0.2, 0.25) is 0 Å². The first-order chi connectivity index (χ1) is 12.6. The van der Waals surface area contributed by atoms with E-state index >= 15 is 0 Å². The van der Waals surface area contributed by atoms with Crippen LogP contribution in [0.3, 0.4) is 0 Å². The van der Waals surface area contributed by atoms with Crippen molar-refractivity contribution >= 4 is 0 Å². The van der Waals surface area contributed by atoms with Gasteiger partial charge in [0.15, 0.2) is 0 Å². The van der Waals surface area contributed by atoms with Gasteiger partial charge < -0.3 is 5.11 Å². The molecule has 0 aromatic rings. The highest BCUT2D eigenvalue weighted by Gasteiger charge is 2.46. The molecule has 0 radical (unpaired) electrons. The van der Waals surface area contributed by atoms with Gasteiger partial charge in [-0.05, 0) is 101 Å². The minimum atomic E-state index is -0.211. The Labute approximate surface area is 182 Å². The molecule has 0 aromatic carbocycles. The van der Waals surface area contributed by atoms with Crippen molar-refractivity contribution in [3.63, 3.8) is 0 Å². The van der Waals surface area contributed by atoms with Crippen molar-refractivity contribution in [2.45, 2.75) is 138 Å². The van der Waals surface area contributed by atoms with Crippen LogP contribution in [-0.4, -0.2) is 56.7 Å². The van der Waals surface area contributed by atoms with Crippen LogP contribution >= 0.6 is 0 Å². The molecule has 0 aliphatic carbocycles. The molecule has 29 heavy (non-hydrogen) atoms. The zero-order valence-corrected chi connectivity index (χ0v) is 20.6. The zero-order valence-electron chi connectivity index (χ0n) is 20.6. The van der Waals surface area contributed by atoms with E-state index in [0.717, 1.165) is 25.4 Å². The molecule has 0 bridgehead atoms. The maximum atomic E-state index is 9.78. The number of aliphatic hydroxyl groups excluding tert-OH is 1. The quantitative estimate of drug-likeness (QED) is 0.626. The Morgan fingerprint density at radius 2 is 0.966 bits per heavy atom. The Morgan fingerprint density at radius 3 is 1.24 bits per heavy atom. The van der Waals surface area contributed by atoms with Gasteiger partial charge in [-0.3, -0.25) is 9.68 Å². The van der Waals surface area contributed by atoms with Gasteiger partial charge in [-0.2, -0.15) is 10.1 Å². The molecule has 1 N–H and O–H groups in total. The van der Waals surface area contributed by atoms with Crippen LogP contribution in [0.5, 0.6) is 0 Å². The molecule has 176 valence electrons. The van der Waals surface area contributed by atoms with Gasteiger partial charge in [-0.15, -0.1) is 0 Å². The van der Waals surface area contributed by atoms with Crippen LogP contribution < -0.4 is 0 Å². The SMILES string of the molecule is C.CCON1C(C)(C)CC(C)CC1(C)C.CCON1C(C)(C)CC(O)CC1(C)C. The summed E-state index contributed by atoms with van der Waals surface area (Å²) in [5.74, 6) is 0.789. The summed E-state index contributed by atoms with van der Waals surface area (Å²) in [5, 5.41) is 14.0. The van der Waals surface area contributed by atoms with Gasteiger partial charge >= 0.3 is 0 Å². The van der Waals surface area contributed by atoms with Crippen molar-refractivity contribution in [2.24, 2.45) is 5.92 Å². The fourth-order valence-corrected chi connectivity index (χ4v) is 5.93. The second-order valence-corrected chi connectivity index (χ2v) is 11.2. The Bertz CT molecular complexity index is 409. The number of nitrogens with zero attached hydrogens (tertiary/aromatic N) is 2. The van der Waals surface area contributed by atoms with E-state index in [4.69, 9.17) is 9.68 Å². The van der Waals surface area contributed by atoms with Gasteiger partial charge in [0.1, 0.15) is 0 Å². The van der Waals surface area contributed by atoms with E-state index in [9.17, 15) is 5.11 Å². The Hall–Kier alpha value is -0.200. The lowest BCUT2D eigenvalue weighted by Crippen LogP contribution is -2.61. The van der Waals surface area contributed by atoms with Crippen molar-refractivity contribution in [3.05, 3.63) is 0 Å². The van der Waals surface area contributed by atoms with Crippen molar-refractivity contribution in [3.8, 4) is 0 Å². The van der Waals surface area contributed by atoms with E-state index in [2.05, 4.69) is 74.3 Å². The topological polar surface area (TPSA) is 45.2 Å². The summed E-state index contributed by atoms with van der Waals surface area (Å²) in [6, 6.07) is 0. The fourth-order valence-electron chi connectivity index (χ4n) is 5.93. The van der Waals surface area contributed by atoms with E-state index in [1.165, 1.54) is 12.8 Å². The maximum Gasteiger partial charge on any atom is 0.0657 e. The molecule has 0 atom stereocenters. The number of aliphatic hydroxyl groups is 1. The number of hydroxylamine groups is 4. The standard InChI is InChI=1S/C12H25NO.C11H23NO2.CH4/c1-7-14-13-11(3,4)8-10(2)9-12(13,5)6;1-6-14-12-10(2,3)7-9(13)8-11(12,4)5;/h10H,7-9H2,1-6H3;9,13H,6-8H2,1-5H3;1H4. The molecule has 2 fully saturated rings. The van der Waals surface area contributed by atoms with E-state index in [1.54, 1.807) is 0 Å². The first-order valence-corrected chi connectivity index (χ1v) is 11.1. The van der Waals surface area contributed by atoms with Crippen molar-refractivity contribution in [2.75, 3.05) is 13.2 Å². The highest BCUT2D eigenvalue weighted by molar-refractivity contribution is 4.97. The molecule has 2 aliphatic rings. The van der Waals surface area contributed by atoms with Crippen LogP contribution in [0, 0.1) is 5.92 Å². The van der Waals surface area contributed by atoms with Crippen molar-refractivity contribution < 1.29 is 14.8 Å². The van der Waals surface area contributed by atoms with Crippen molar-refractivity contribution in [1.29, 1.82) is 0 Å². The fraction of sp³-hybridized carbons (Fsp3) is 1.00. The van der Waals surface area contributed by atoms with E-state index < -0.39 is 0 Å². The second-order valence-electron chi connectivity index (χ2n) is 11.2. The molecule has 0 aromatic heterocycles. The molecule has 2 aliphatic heterocycles. The highest BCUT2D eigenvalue weighted by Crippen LogP contribution is 2.41. The van der Waals surface area contributed by atoms with Crippen LogP contribution in [0.4, 0.5) is 0 Å². The lowest BCUT2D eigenvalue weighted by atomic mass is 9.76. The second kappa shape index (κ2) is 10.4. The van der Waals surface area contributed by atoms with Crippen LogP contribution in [0.25, 0.3) is 0 Å². The Morgan fingerprint density at radius 1 is 0.690 bits per heavy atom. The summed E-state index contributed by atoms with van der Waals surface area (Å²) >= 11 is 0. The van der Waals surface area contributed by atoms with Gasteiger partial charge in [0, 0.05) is 22.2 Å². The summed E-state index contributed by atoms with van der Waals surface area (Å²) in [6.07, 6.45) is 3.77. The molecule has 0 saturated carbocycles. The van der Waals surface area contributed by atoms with Gasteiger partial charge in [0.2, 0.25) is 0 Å². The van der Waals surface area contributed by atoms with Crippen LogP contribution in [0.15, 0.2) is 0 Å². The Balaban J connectivity index is 0.000000523. The lowest BCUT2D eigenvalue weighted by molar-refractivity contribution is -0.289. The summed E-state index contributed by atoms with van der Waals surface area (Å²) in [6.45, 7) is 25.4. The molecular weight excluding hydrogens is 364 g/mol. The average Bonchev–Trinajstić information content (AvgIpc) is 2.45. The number of rotatable bonds is 4. The monoisotopic (exact) mass is 416 g/mol. The molecule has 2 rings (SSSR count). The van der Waals surface area contributed by atoms with E-state index in [0.29, 0.717) is 6.61 Å². The smallest absolute Gasteiger partial charge is 0.0657 e. The molecule has 0 spiro atoms. The molecule has 2 saturated heterocycles. The third-order valence-corrected chi connectivity index (χ3v) is 5.88. The first-order valence-electron chi connectivity index (χ1n) is 11.1. The first kappa shape index (κ1) is 28.8. The van der Waals surface area contributed by atoms with Gasteiger partial charge in [-0.25, -0.2) is 0 Å². The summed E-state index contributed by atoms with van der Waals surface area (Å²) < 4.78 is 0. The summed E-state index contributed by atoms with van der Waals surface area (Å²) in [7, 11) is 0. The van der Waals surface area contributed by atoms with Gasteiger partial charge in [0.05, 0.1) is 19.3 Å². The summed E-state index contributed by atoms with van der Waals surface area (Å²) in [4.78, 5) is 11.5. The Kier molecular flexibility index (Phi) is 10.3. The molecule has 2 heterocycles. The third kappa shape index (κ3) is 7.46. The predicted octanol–water partition coefficient (Wildman–Crippen LogP) is 5.81. The number of piperidine rings is 2. The molecular formula is C24H52N2O3. The number of hydrogen-bond donors (Lipinski definition) is 1. The zero-order chi connectivity index (χ0) is 22.0. The van der Waals surface area contributed by atoms with Crippen LogP contribution in [0.1, 0.15) is 109 Å². The lowest BCUT2D eigenvalue weighted by Gasteiger charge is -2.53. The molecule has 0 amide bonds. The largest absolute Gasteiger partial charge is 0.393 e. The average molecular weight is 417 g/mol. The minimum absolute atomic E-state index is 0. The third-order valence-electron chi connectivity index (χ3n) is 5.88. The van der Waals surface area contributed by atoms with Gasteiger partial charge in [-0.1, -0.05) is 14.4 Å². The minimum Gasteiger partial charge on any atom is -0.393 e. The van der Waals surface area contributed by atoms with E-state index in [-0.39, 0.29) is 35.7 Å². The predicted molar refractivity (Wildman–Crippen MR) is 124 cm³/mol. The maximum absolute atomic E-state index is 9.78. The highest BCUT2D eigenvalue weighted by atomic mass is 16.7. The molecule has 5 nitrogen and oxygen atoms in total. The number of hydrogen-bond acceptors (Lipinski definition) is 5. The van der Waals surface area contributed by atoms with Crippen LogP contribution in [-0.2, 0) is 9.68 Å². The summed E-state index contributed by atoms with van der Waals surface area (Å²) in [5.41, 5.74) is 0.155. The normalized spacial score (nSPS) is 26.9.